The van der Waals surface area contributed by atoms with Crippen molar-refractivity contribution in [3.05, 3.63) is 311 Å². The number of nitrogens with zero attached hydrogens (tertiary/aromatic N) is 8. The molecule has 38 heteroatoms. The standard InChI is InChI=1S/2C27H24Cl2N4O3.C26H21Cl2FN4O3.C26H22Cl2N4O4/c1-14(2)26(34)31-19-8-6-7-15(3)25(19)33-27-30-13-17-11-16(9-10-18(17)32-27)22-23(28)20(35-4)12-21(36-5)24(22)29;1-6-22(34)31-19-10-14(2)9-15(3)26(19)33-27-30-13-17-11-16(7-8-18(17)32-27)23-24(28)20(35-4)12-21(36-5)25(23)29;1-5-21(34)31-18-9-7-16(29)13(2)25(18)33-26-30-12-15-10-14(6-8-17(15)32-26)22-23(27)19(35-3)11-20(36-4)24(22)28;1-5-22(33)31-17-9-7-6-8-16(17)30-21-11-18-14(13-29-21)10-15(26(34)32(18)2)23-24(27)19(35-3)12-20(36-4)25(23)28/h2*6-13H,1H2,2-5H3,(H,31,34)(H,30,32,33);5-12H,1H2,2-4H3,(H,31,34)(H,30,32,33);5-13H,1H2,2-4H3,(H,29,30)(H,31,33). The van der Waals surface area contributed by atoms with E-state index in [-0.39, 0.29) is 44.8 Å². The summed E-state index contributed by atoms with van der Waals surface area (Å²) in [5, 5.41) is 29.3. The molecule has 0 unspecified atom stereocenters. The van der Waals surface area contributed by atoms with E-state index < -0.39 is 11.7 Å². The molecule has 0 saturated carbocycles. The molecule has 0 aliphatic carbocycles. The number of halogens is 9. The molecule has 0 aliphatic heterocycles. The van der Waals surface area contributed by atoms with Crippen LogP contribution in [0.4, 0.5) is 73.6 Å². The summed E-state index contributed by atoms with van der Waals surface area (Å²) < 4.78 is 58.7. The fourth-order valence-corrected chi connectivity index (χ4v) is 17.8. The number of fused-ring (bicyclic) bond motifs is 4. The maximum atomic E-state index is 14.3. The summed E-state index contributed by atoms with van der Waals surface area (Å²) in [6, 6.07) is 46.0. The van der Waals surface area contributed by atoms with Crippen LogP contribution >= 0.6 is 92.8 Å². The van der Waals surface area contributed by atoms with E-state index in [1.165, 1.54) is 85.7 Å². The number of amides is 4. The first-order chi connectivity index (χ1) is 69.0. The molecular weight excluding hydrogens is 2010 g/mol. The molecule has 0 atom stereocenters. The Bertz CT molecular complexity index is 7800. The van der Waals surface area contributed by atoms with Crippen molar-refractivity contribution < 1.29 is 61.5 Å². The average Bonchev–Trinajstić information content (AvgIpc) is 0.753. The summed E-state index contributed by atoms with van der Waals surface area (Å²) >= 11 is 52.6. The van der Waals surface area contributed by atoms with Gasteiger partial charge in [0.1, 0.15) is 57.6 Å². The number of nitrogens with one attached hydrogen (secondary N) is 8. The van der Waals surface area contributed by atoms with E-state index in [1.54, 1.807) is 112 Å². The van der Waals surface area contributed by atoms with Crippen LogP contribution in [0, 0.1) is 33.5 Å². The fourth-order valence-electron chi connectivity index (χ4n) is 15.0. The third kappa shape index (κ3) is 23.4. The van der Waals surface area contributed by atoms with Gasteiger partial charge in [0, 0.05) is 117 Å². The highest BCUT2D eigenvalue weighted by molar-refractivity contribution is 6.44. The molecule has 0 bridgehead atoms. The van der Waals surface area contributed by atoms with E-state index in [0.717, 1.165) is 50.2 Å². The number of hydrogen-bond acceptors (Lipinski definition) is 24. The molecule has 0 fully saturated rings. The van der Waals surface area contributed by atoms with E-state index in [4.69, 9.17) is 131 Å². The van der Waals surface area contributed by atoms with E-state index in [2.05, 4.69) is 104 Å². The normalized spacial score (nSPS) is 10.7. The van der Waals surface area contributed by atoms with Gasteiger partial charge in [-0.1, -0.05) is 168 Å². The van der Waals surface area contributed by atoms with Crippen molar-refractivity contribution in [2.75, 3.05) is 99.4 Å². The second kappa shape index (κ2) is 46.9. The number of pyridine rings is 2. The summed E-state index contributed by atoms with van der Waals surface area (Å²) in [4.78, 5) is 92.8. The Morgan fingerprint density at radius 1 is 0.375 bits per heavy atom. The van der Waals surface area contributed by atoms with Crippen molar-refractivity contribution in [1.82, 2.24) is 39.5 Å². The van der Waals surface area contributed by atoms with Crippen LogP contribution in [-0.2, 0) is 26.2 Å². The molecule has 8 N–H and O–H groups in total. The van der Waals surface area contributed by atoms with Crippen molar-refractivity contribution in [3.63, 3.8) is 0 Å². The number of benzene rings is 11. The third-order valence-electron chi connectivity index (χ3n) is 22.3. The summed E-state index contributed by atoms with van der Waals surface area (Å²) in [5.74, 6) is 3.02. The van der Waals surface area contributed by atoms with Crippen LogP contribution in [0.15, 0.2) is 237 Å². The van der Waals surface area contributed by atoms with Crippen LogP contribution in [0.1, 0.15) is 29.2 Å². The Morgan fingerprint density at radius 2 is 0.736 bits per heavy atom. The summed E-state index contributed by atoms with van der Waals surface area (Å²) in [6.45, 7) is 23.2. The van der Waals surface area contributed by atoms with Gasteiger partial charge in [-0.2, -0.15) is 0 Å². The Hall–Kier alpha value is -15.5. The summed E-state index contributed by atoms with van der Waals surface area (Å²) in [7, 11) is 13.7. The molecule has 0 radical (unpaired) electrons. The first kappa shape index (κ1) is 106. The Labute approximate surface area is 866 Å². The first-order valence-corrected chi connectivity index (χ1v) is 46.2. The molecule has 16 rings (SSSR count). The van der Waals surface area contributed by atoms with Crippen LogP contribution in [0.5, 0.6) is 46.0 Å². The monoisotopic (exact) mass is 2090 g/mol. The van der Waals surface area contributed by atoms with Gasteiger partial charge in [0.15, 0.2) is 0 Å². The zero-order valence-electron chi connectivity index (χ0n) is 79.7. The Morgan fingerprint density at radius 3 is 1.14 bits per heavy atom. The minimum atomic E-state index is -0.443. The number of aryl methyl sites for hydroxylation is 4. The van der Waals surface area contributed by atoms with Gasteiger partial charge in [0.2, 0.25) is 35.6 Å². The second-order valence-electron chi connectivity index (χ2n) is 31.5. The number of aromatic nitrogens is 8. The number of carbonyl (C=O) groups is 4. The molecule has 5 heterocycles. The van der Waals surface area contributed by atoms with E-state index >= 15 is 0 Å². The topological polar surface area (TPSA) is 351 Å². The van der Waals surface area contributed by atoms with Gasteiger partial charge in [0.25, 0.3) is 11.5 Å². The minimum absolute atomic E-state index is 0.198. The molecule has 11 aromatic carbocycles. The van der Waals surface area contributed by atoms with Crippen LogP contribution in [0.2, 0.25) is 40.2 Å². The molecule has 0 aliphatic rings. The van der Waals surface area contributed by atoms with Gasteiger partial charge >= 0.3 is 0 Å². The van der Waals surface area contributed by atoms with Crippen LogP contribution in [-0.4, -0.2) is 120 Å². The molecule has 29 nitrogen and oxygen atoms in total. The lowest BCUT2D eigenvalue weighted by Gasteiger charge is -2.16. The molecule has 5 aromatic heterocycles. The van der Waals surface area contributed by atoms with Crippen LogP contribution < -0.4 is 86.0 Å². The maximum absolute atomic E-state index is 14.3. The largest absolute Gasteiger partial charge is 0.495 e. The number of anilines is 12. The van der Waals surface area contributed by atoms with Crippen molar-refractivity contribution >= 4 is 229 Å². The number of hydrogen-bond donors (Lipinski definition) is 8. The highest BCUT2D eigenvalue weighted by atomic mass is 35.5. The van der Waals surface area contributed by atoms with E-state index in [0.29, 0.717) is 206 Å². The van der Waals surface area contributed by atoms with Crippen LogP contribution in [0.3, 0.4) is 0 Å². The van der Waals surface area contributed by atoms with E-state index in [1.807, 2.05) is 99.6 Å². The lowest BCUT2D eigenvalue weighted by atomic mass is 10.0. The third-order valence-corrected chi connectivity index (χ3v) is 25.3. The Balaban J connectivity index is 0.000000161. The lowest BCUT2D eigenvalue weighted by Crippen LogP contribution is -2.19. The molecular formula is C106H91Cl8FN16O13. The van der Waals surface area contributed by atoms with Crippen molar-refractivity contribution in [1.29, 1.82) is 0 Å². The zero-order chi connectivity index (χ0) is 104. The number of ether oxygens (including phenoxy) is 8. The summed E-state index contributed by atoms with van der Waals surface area (Å²) in [5.41, 5.74) is 15.0. The smallest absolute Gasteiger partial charge is 0.258 e. The first-order valence-electron chi connectivity index (χ1n) is 43.2. The van der Waals surface area contributed by atoms with Gasteiger partial charge in [-0.3, -0.25) is 24.0 Å². The molecule has 0 saturated heterocycles. The average molecular weight is 2100 g/mol. The number of para-hydroxylation sites is 3. The van der Waals surface area contributed by atoms with Gasteiger partial charge < -0.3 is 85.0 Å². The predicted octanol–water partition coefficient (Wildman–Crippen LogP) is 27.0. The van der Waals surface area contributed by atoms with Crippen molar-refractivity contribution in [2.45, 2.75) is 34.6 Å². The van der Waals surface area contributed by atoms with Gasteiger partial charge in [-0.15, -0.1) is 0 Å². The molecule has 144 heavy (non-hydrogen) atoms. The van der Waals surface area contributed by atoms with Gasteiger partial charge in [-0.05, 0) is 165 Å². The van der Waals surface area contributed by atoms with Crippen molar-refractivity contribution in [3.8, 4) is 90.5 Å². The number of carbonyl (C=O) groups excluding carboxylic acids is 4. The molecule has 736 valence electrons. The highest BCUT2D eigenvalue weighted by Crippen LogP contribution is 2.52. The minimum Gasteiger partial charge on any atom is -0.495 e. The van der Waals surface area contributed by atoms with Gasteiger partial charge in [-0.25, -0.2) is 39.3 Å². The highest BCUT2D eigenvalue weighted by Gasteiger charge is 2.28. The lowest BCUT2D eigenvalue weighted by molar-refractivity contribution is -0.113. The molecule has 16 aromatic rings. The zero-order valence-corrected chi connectivity index (χ0v) is 85.7. The Kier molecular flexibility index (Phi) is 34.5. The molecule has 4 amide bonds. The predicted molar refractivity (Wildman–Crippen MR) is 578 cm³/mol. The molecule has 0 spiro atoms. The number of methoxy groups -OCH3 is 8. The van der Waals surface area contributed by atoms with E-state index in [9.17, 15) is 28.4 Å². The SMILES string of the molecule is C=C(C)C(=O)Nc1cccc(C)c1Nc1ncc2cc(-c3c(Cl)c(OC)cc(OC)c3Cl)ccc2n1.C=CC(=O)Nc1cc(C)cc(C)c1Nc1ncc2cc(-c3c(Cl)c(OC)cc(OC)c3Cl)ccc2n1.C=CC(=O)Nc1ccc(F)c(C)c1Nc1ncc2cc(-c3c(Cl)c(OC)cc(OC)c3Cl)ccc2n1.C=CC(=O)Nc1ccccc1Nc1cc2c(cn1)cc(-c1c(Cl)c(OC)cc(OC)c1Cl)c(=O)n2C. The summed E-state index contributed by atoms with van der Waals surface area (Å²) in [6.07, 6.45) is 10.2. The van der Waals surface area contributed by atoms with Crippen LogP contribution in [0.25, 0.3) is 88.1 Å². The number of rotatable bonds is 28. The van der Waals surface area contributed by atoms with Gasteiger partial charge in [0.05, 0.1) is 170 Å². The van der Waals surface area contributed by atoms with Crippen molar-refractivity contribution in [2.24, 2.45) is 7.05 Å². The fraction of sp³-hybridized carbons (Fsp3) is 0.132. The second-order valence-corrected chi connectivity index (χ2v) is 34.6. The quantitative estimate of drug-likeness (QED) is 0.0211. The maximum Gasteiger partial charge on any atom is 0.258 e.